The number of hydrogen-bond acceptors (Lipinski definition) is 5. The van der Waals surface area contributed by atoms with Crippen LogP contribution in [0.2, 0.25) is 0 Å². The average molecular weight is 388 g/mol. The summed E-state index contributed by atoms with van der Waals surface area (Å²) in [4.78, 5) is 14.3. The number of piperazine rings is 1. The summed E-state index contributed by atoms with van der Waals surface area (Å²) < 4.78 is 37.7. The molecule has 0 radical (unpaired) electrons. The van der Waals surface area contributed by atoms with Gasteiger partial charge in [-0.25, -0.2) is 8.42 Å². The Morgan fingerprint density at radius 3 is 2.37 bits per heavy atom. The SMILES string of the molecule is O=C(Cc1ccccc1)N1CCN(S(=O)(=O)c2ccc3c(c2)OCO3)CC1. The summed E-state index contributed by atoms with van der Waals surface area (Å²) in [7, 11) is -3.63. The van der Waals surface area contributed by atoms with E-state index in [2.05, 4.69) is 0 Å². The van der Waals surface area contributed by atoms with E-state index in [1.54, 1.807) is 11.0 Å². The summed E-state index contributed by atoms with van der Waals surface area (Å²) in [5.41, 5.74) is 0.956. The van der Waals surface area contributed by atoms with Crippen molar-refractivity contribution in [1.82, 2.24) is 9.21 Å². The molecule has 0 aliphatic carbocycles. The maximum atomic E-state index is 12.9. The summed E-state index contributed by atoms with van der Waals surface area (Å²) in [5, 5.41) is 0. The van der Waals surface area contributed by atoms with Crippen molar-refractivity contribution in [2.24, 2.45) is 0 Å². The largest absolute Gasteiger partial charge is 0.454 e. The molecule has 0 saturated carbocycles. The summed E-state index contributed by atoms with van der Waals surface area (Å²) in [5.74, 6) is 0.999. The summed E-state index contributed by atoms with van der Waals surface area (Å²) in [6.45, 7) is 1.42. The van der Waals surface area contributed by atoms with Crippen LogP contribution in [0, 0.1) is 0 Å². The summed E-state index contributed by atoms with van der Waals surface area (Å²) >= 11 is 0. The molecule has 4 rings (SSSR count). The molecule has 2 aromatic carbocycles. The smallest absolute Gasteiger partial charge is 0.243 e. The van der Waals surface area contributed by atoms with E-state index in [4.69, 9.17) is 9.47 Å². The topological polar surface area (TPSA) is 76.2 Å². The van der Waals surface area contributed by atoms with Crippen LogP contribution >= 0.6 is 0 Å². The van der Waals surface area contributed by atoms with Gasteiger partial charge in [-0.15, -0.1) is 0 Å². The van der Waals surface area contributed by atoms with Crippen molar-refractivity contribution in [3.63, 3.8) is 0 Å². The standard InChI is InChI=1S/C19H20N2O5S/c22-19(12-15-4-2-1-3-5-15)20-8-10-21(11-9-20)27(23,24)16-6-7-17-18(13-16)26-14-25-17/h1-7,13H,8-12,14H2. The van der Waals surface area contributed by atoms with E-state index < -0.39 is 10.0 Å². The van der Waals surface area contributed by atoms with Gasteiger partial charge in [0.15, 0.2) is 11.5 Å². The Balaban J connectivity index is 1.40. The van der Waals surface area contributed by atoms with Gasteiger partial charge in [-0.2, -0.15) is 4.31 Å². The third-order valence-electron chi connectivity index (χ3n) is 4.77. The number of carbonyl (C=O) groups is 1. The fourth-order valence-corrected chi connectivity index (χ4v) is 4.68. The fraction of sp³-hybridized carbons (Fsp3) is 0.316. The van der Waals surface area contributed by atoms with Crippen molar-refractivity contribution in [2.75, 3.05) is 33.0 Å². The molecule has 142 valence electrons. The Labute approximate surface area is 158 Å². The average Bonchev–Trinajstić information content (AvgIpc) is 3.17. The number of fused-ring (bicyclic) bond motifs is 1. The lowest BCUT2D eigenvalue weighted by atomic mass is 10.1. The van der Waals surface area contributed by atoms with E-state index in [-0.39, 0.29) is 30.7 Å². The number of sulfonamides is 1. The van der Waals surface area contributed by atoms with Crippen LogP contribution in [0.1, 0.15) is 5.56 Å². The first-order valence-electron chi connectivity index (χ1n) is 8.75. The molecule has 0 N–H and O–H groups in total. The van der Waals surface area contributed by atoms with Crippen molar-refractivity contribution in [2.45, 2.75) is 11.3 Å². The molecule has 2 aliphatic rings. The minimum absolute atomic E-state index is 0.0151. The highest BCUT2D eigenvalue weighted by Crippen LogP contribution is 2.34. The molecule has 7 nitrogen and oxygen atoms in total. The number of carbonyl (C=O) groups excluding carboxylic acids is 1. The molecule has 1 saturated heterocycles. The molecule has 0 bridgehead atoms. The highest BCUT2D eigenvalue weighted by atomic mass is 32.2. The van der Waals surface area contributed by atoms with Gasteiger partial charge in [-0.3, -0.25) is 4.79 Å². The Morgan fingerprint density at radius 2 is 1.63 bits per heavy atom. The number of benzene rings is 2. The molecule has 0 aromatic heterocycles. The summed E-state index contributed by atoms with van der Waals surface area (Å²) in [6.07, 6.45) is 0.329. The lowest BCUT2D eigenvalue weighted by Gasteiger charge is -2.34. The Morgan fingerprint density at radius 1 is 0.926 bits per heavy atom. The highest BCUT2D eigenvalue weighted by Gasteiger charge is 2.31. The lowest BCUT2D eigenvalue weighted by molar-refractivity contribution is -0.131. The van der Waals surface area contributed by atoms with E-state index in [1.165, 1.54) is 16.4 Å². The molecular formula is C19H20N2O5S. The second kappa shape index (κ2) is 7.21. The first-order chi connectivity index (χ1) is 13.0. The molecule has 2 aromatic rings. The van der Waals surface area contributed by atoms with Gasteiger partial charge in [0.1, 0.15) is 0 Å². The first kappa shape index (κ1) is 17.8. The van der Waals surface area contributed by atoms with Gasteiger partial charge in [0, 0.05) is 32.2 Å². The third-order valence-corrected chi connectivity index (χ3v) is 6.67. The zero-order chi connectivity index (χ0) is 18.9. The van der Waals surface area contributed by atoms with Gasteiger partial charge in [0.25, 0.3) is 0 Å². The molecule has 0 unspecified atom stereocenters. The second-order valence-electron chi connectivity index (χ2n) is 6.46. The van der Waals surface area contributed by atoms with Gasteiger partial charge < -0.3 is 14.4 Å². The third kappa shape index (κ3) is 3.63. The number of ether oxygens (including phenoxy) is 2. The van der Waals surface area contributed by atoms with Crippen LogP contribution in [0.3, 0.4) is 0 Å². The number of hydrogen-bond donors (Lipinski definition) is 0. The lowest BCUT2D eigenvalue weighted by Crippen LogP contribution is -2.50. The number of amides is 1. The molecule has 0 spiro atoms. The van der Waals surface area contributed by atoms with Crippen LogP contribution in [0.5, 0.6) is 11.5 Å². The first-order valence-corrected chi connectivity index (χ1v) is 10.2. The quantitative estimate of drug-likeness (QED) is 0.793. The normalized spacial score (nSPS) is 17.1. The molecule has 8 heteroatoms. The maximum absolute atomic E-state index is 12.9. The van der Waals surface area contributed by atoms with E-state index in [0.29, 0.717) is 31.0 Å². The van der Waals surface area contributed by atoms with E-state index >= 15 is 0 Å². The van der Waals surface area contributed by atoms with Crippen molar-refractivity contribution in [3.05, 3.63) is 54.1 Å². The molecule has 27 heavy (non-hydrogen) atoms. The van der Waals surface area contributed by atoms with Gasteiger partial charge in [-0.1, -0.05) is 30.3 Å². The minimum Gasteiger partial charge on any atom is -0.454 e. The van der Waals surface area contributed by atoms with Crippen LogP contribution in [-0.4, -0.2) is 56.5 Å². The molecule has 1 amide bonds. The predicted octanol–water partition coefficient (Wildman–Crippen LogP) is 1.49. The van der Waals surface area contributed by atoms with E-state index in [1.807, 2.05) is 30.3 Å². The van der Waals surface area contributed by atoms with E-state index in [0.717, 1.165) is 5.56 Å². The Hall–Kier alpha value is -2.58. The number of rotatable bonds is 4. The van der Waals surface area contributed by atoms with Gasteiger partial charge >= 0.3 is 0 Å². The molecule has 1 fully saturated rings. The Kier molecular flexibility index (Phi) is 4.75. The minimum atomic E-state index is -3.63. The second-order valence-corrected chi connectivity index (χ2v) is 8.40. The van der Waals surface area contributed by atoms with Crippen LogP contribution in [-0.2, 0) is 21.2 Å². The maximum Gasteiger partial charge on any atom is 0.243 e. The Bertz CT molecular complexity index is 938. The fourth-order valence-electron chi connectivity index (χ4n) is 3.25. The van der Waals surface area contributed by atoms with Gasteiger partial charge in [0.2, 0.25) is 22.7 Å². The predicted molar refractivity (Wildman–Crippen MR) is 98.0 cm³/mol. The zero-order valence-electron chi connectivity index (χ0n) is 14.7. The van der Waals surface area contributed by atoms with Crippen molar-refractivity contribution >= 4 is 15.9 Å². The zero-order valence-corrected chi connectivity index (χ0v) is 15.5. The molecule has 2 aliphatic heterocycles. The number of nitrogens with zero attached hydrogens (tertiary/aromatic N) is 2. The van der Waals surface area contributed by atoms with Crippen LogP contribution in [0.4, 0.5) is 0 Å². The summed E-state index contributed by atoms with van der Waals surface area (Å²) in [6, 6.07) is 14.2. The molecule has 0 atom stereocenters. The van der Waals surface area contributed by atoms with Crippen LogP contribution in [0.25, 0.3) is 0 Å². The van der Waals surface area contributed by atoms with Crippen molar-refractivity contribution in [3.8, 4) is 11.5 Å². The van der Waals surface area contributed by atoms with Crippen LogP contribution < -0.4 is 9.47 Å². The van der Waals surface area contributed by atoms with Crippen molar-refractivity contribution < 1.29 is 22.7 Å². The van der Waals surface area contributed by atoms with Gasteiger partial charge in [0.05, 0.1) is 11.3 Å². The van der Waals surface area contributed by atoms with Crippen LogP contribution in [0.15, 0.2) is 53.4 Å². The van der Waals surface area contributed by atoms with E-state index in [9.17, 15) is 13.2 Å². The molecule has 2 heterocycles. The molecular weight excluding hydrogens is 368 g/mol. The monoisotopic (exact) mass is 388 g/mol. The van der Waals surface area contributed by atoms with Gasteiger partial charge in [-0.05, 0) is 17.7 Å². The van der Waals surface area contributed by atoms with Crippen molar-refractivity contribution in [1.29, 1.82) is 0 Å². The highest BCUT2D eigenvalue weighted by molar-refractivity contribution is 7.89.